The van der Waals surface area contributed by atoms with E-state index in [9.17, 15) is 0 Å². The first-order valence-electron chi connectivity index (χ1n) is 5.17. The Balaban J connectivity index is -0.000000275. The van der Waals surface area contributed by atoms with Crippen molar-refractivity contribution in [2.45, 2.75) is 13.8 Å². The first kappa shape index (κ1) is 25.5. The van der Waals surface area contributed by atoms with Gasteiger partial charge in [0.15, 0.2) is 0 Å². The van der Waals surface area contributed by atoms with E-state index < -0.39 is 16.6 Å². The van der Waals surface area contributed by atoms with Gasteiger partial charge in [-0.15, -0.1) is 0 Å². The maximum atomic E-state index is 8.74. The van der Waals surface area contributed by atoms with Crippen LogP contribution in [0, 0.1) is 6.92 Å². The van der Waals surface area contributed by atoms with Crippen LogP contribution >= 0.6 is 0 Å². The first-order valence-corrected chi connectivity index (χ1v) is 6.56. The van der Waals surface area contributed by atoms with E-state index in [4.69, 9.17) is 38.3 Å². The summed E-state index contributed by atoms with van der Waals surface area (Å²) in [6.07, 6.45) is -2.08. The fourth-order valence-electron chi connectivity index (χ4n) is 0.990. The van der Waals surface area contributed by atoms with Crippen molar-refractivity contribution in [1.29, 1.82) is 0 Å². The molecule has 0 atom stereocenters. The van der Waals surface area contributed by atoms with Crippen molar-refractivity contribution in [3.8, 4) is 0 Å². The molecule has 116 valence electrons. The molecule has 0 bridgehead atoms. The van der Waals surface area contributed by atoms with Crippen LogP contribution in [0.4, 0.5) is 16.2 Å². The molecular weight excluding hydrogens is 331 g/mol. The predicted molar refractivity (Wildman–Crippen MR) is 72.0 cm³/mol. The maximum Gasteiger partial charge on any atom is 1.00 e. The average molecular weight is 348 g/mol. The number of benzene rings is 1. The van der Waals surface area contributed by atoms with Crippen LogP contribution < -0.4 is 67.5 Å². The van der Waals surface area contributed by atoms with Crippen molar-refractivity contribution in [3.05, 3.63) is 23.8 Å². The molecule has 0 aromatic heterocycles. The van der Waals surface area contributed by atoms with Gasteiger partial charge in [-0.1, -0.05) is 0 Å². The summed E-state index contributed by atoms with van der Waals surface area (Å²) < 4.78 is 31.6. The summed E-state index contributed by atoms with van der Waals surface area (Å²) in [5.41, 5.74) is 8.78. The van der Waals surface area contributed by atoms with Gasteiger partial charge in [0, 0.05) is 17.9 Å². The molecule has 0 spiro atoms. The molecule has 0 heterocycles. The number of rotatable bonds is 2. The molecule has 0 amide bonds. The Hall–Kier alpha value is -0.404. The van der Waals surface area contributed by atoms with Gasteiger partial charge in [0.1, 0.15) is 0 Å². The van der Waals surface area contributed by atoms with Gasteiger partial charge < -0.3 is 26.1 Å². The van der Waals surface area contributed by atoms with Crippen molar-refractivity contribution in [1.82, 2.24) is 0 Å². The van der Waals surface area contributed by atoms with E-state index >= 15 is 0 Å². The largest absolute Gasteiger partial charge is 1.00 e. The minimum atomic E-state index is -4.67. The predicted octanol–water partition coefficient (Wildman–Crippen LogP) is -2.75. The van der Waals surface area contributed by atoms with Gasteiger partial charge in [-0.2, -0.15) is 8.42 Å². The molecule has 0 saturated heterocycles. The summed E-state index contributed by atoms with van der Waals surface area (Å²) >= 11 is 0. The number of carbonyl (C=O) groups is 1. The molecule has 0 saturated carbocycles. The average Bonchev–Trinajstić information content (AvgIpc) is 2.21. The van der Waals surface area contributed by atoms with E-state index in [0.29, 0.717) is 0 Å². The summed E-state index contributed by atoms with van der Waals surface area (Å²) in [6, 6.07) is 5.97. The quantitative estimate of drug-likeness (QED) is 0.216. The normalized spacial score (nSPS) is 8.95. The third-order valence-electron chi connectivity index (χ3n) is 1.65. The minimum absolute atomic E-state index is 0. The van der Waals surface area contributed by atoms with E-state index in [2.05, 4.69) is 18.3 Å². The second kappa shape index (κ2) is 13.3. The molecule has 11 heteroatoms. The number of carboxylic acid groups (broad SMARTS) is 2. The number of nitrogen functional groups attached to an aromatic ring is 1. The zero-order valence-corrected chi connectivity index (χ0v) is 15.8. The van der Waals surface area contributed by atoms with E-state index in [1.54, 1.807) is 0 Å². The molecule has 0 aliphatic heterocycles. The molecule has 21 heavy (non-hydrogen) atoms. The van der Waals surface area contributed by atoms with Crippen LogP contribution in [0.15, 0.2) is 18.2 Å². The molecule has 6 N–H and O–H groups in total. The number of aryl methyl sites for hydroxylation is 1. The Morgan fingerprint density at radius 3 is 2.05 bits per heavy atom. The number of anilines is 2. The van der Waals surface area contributed by atoms with Crippen LogP contribution in [0.5, 0.6) is 0 Å². The van der Waals surface area contributed by atoms with Crippen molar-refractivity contribution < 1.29 is 83.9 Å². The zero-order valence-electron chi connectivity index (χ0n) is 11.9. The number of hydrogen-bond acceptors (Lipinski definition) is 6. The van der Waals surface area contributed by atoms with Gasteiger partial charge in [0.05, 0.1) is 0 Å². The SMILES string of the molecule is CCNc1ccc(N)c(C)c1.O=C([O-])O.O=S(=O)(O)O.[K+]. The Labute approximate surface area is 165 Å². The summed E-state index contributed by atoms with van der Waals surface area (Å²) in [5.74, 6) is 0. The van der Waals surface area contributed by atoms with Gasteiger partial charge in [-0.25, -0.2) is 0 Å². The van der Waals surface area contributed by atoms with Crippen LogP contribution in [0.1, 0.15) is 12.5 Å². The molecule has 1 aromatic rings. The molecular formula is C10H17KN2O7S. The smallest absolute Gasteiger partial charge is 0.565 e. The molecule has 0 radical (unpaired) electrons. The number of nitrogens with two attached hydrogens (primary N) is 1. The summed E-state index contributed by atoms with van der Waals surface area (Å²) in [5, 5.41) is 18.5. The molecule has 0 fully saturated rings. The summed E-state index contributed by atoms with van der Waals surface area (Å²) in [4.78, 5) is 8.44. The summed E-state index contributed by atoms with van der Waals surface area (Å²) in [6.45, 7) is 5.03. The topological polar surface area (TPSA) is 173 Å². The Morgan fingerprint density at radius 2 is 1.76 bits per heavy atom. The van der Waals surface area contributed by atoms with Crippen molar-refractivity contribution in [3.63, 3.8) is 0 Å². The number of hydrogen-bond donors (Lipinski definition) is 5. The Morgan fingerprint density at radius 1 is 1.38 bits per heavy atom. The fraction of sp³-hybridized carbons (Fsp3) is 0.300. The number of nitrogens with one attached hydrogen (secondary N) is 1. The van der Waals surface area contributed by atoms with Crippen LogP contribution in [0.2, 0.25) is 0 Å². The van der Waals surface area contributed by atoms with E-state index in [1.807, 2.05) is 19.1 Å². The molecule has 1 rings (SSSR count). The molecule has 9 nitrogen and oxygen atoms in total. The molecule has 0 aliphatic rings. The second-order valence-electron chi connectivity index (χ2n) is 3.32. The second-order valence-corrected chi connectivity index (χ2v) is 4.21. The Bertz CT molecular complexity index is 510. The van der Waals surface area contributed by atoms with Gasteiger partial charge >= 0.3 is 61.8 Å². The maximum absolute atomic E-state index is 8.74. The van der Waals surface area contributed by atoms with Gasteiger partial charge in [-0.3, -0.25) is 9.11 Å². The third-order valence-corrected chi connectivity index (χ3v) is 1.65. The van der Waals surface area contributed by atoms with E-state index in [-0.39, 0.29) is 51.4 Å². The van der Waals surface area contributed by atoms with Gasteiger partial charge in [0.25, 0.3) is 0 Å². The Kier molecular flexibility index (Phi) is 16.1. The van der Waals surface area contributed by atoms with Crippen LogP contribution in [0.3, 0.4) is 0 Å². The van der Waals surface area contributed by atoms with Crippen molar-refractivity contribution in [2.24, 2.45) is 0 Å². The van der Waals surface area contributed by atoms with Crippen molar-refractivity contribution in [2.75, 3.05) is 17.6 Å². The zero-order chi connectivity index (χ0) is 16.3. The first-order chi connectivity index (χ1) is 8.97. The third kappa shape index (κ3) is 24.9. The van der Waals surface area contributed by atoms with Crippen LogP contribution in [-0.4, -0.2) is 35.3 Å². The summed E-state index contributed by atoms with van der Waals surface area (Å²) in [7, 11) is -4.67. The van der Waals surface area contributed by atoms with Crippen molar-refractivity contribution >= 4 is 27.9 Å². The van der Waals surface area contributed by atoms with E-state index in [1.165, 1.54) is 0 Å². The van der Waals surface area contributed by atoms with Crippen LogP contribution in [0.25, 0.3) is 0 Å². The van der Waals surface area contributed by atoms with Gasteiger partial charge in [-0.05, 0) is 37.6 Å². The minimum Gasteiger partial charge on any atom is -0.565 e. The fourth-order valence-corrected chi connectivity index (χ4v) is 0.990. The molecule has 0 aliphatic carbocycles. The van der Waals surface area contributed by atoms with E-state index in [0.717, 1.165) is 23.5 Å². The monoisotopic (exact) mass is 348 g/mol. The standard InChI is InChI=1S/C9H14N2.CH2O3.K.H2O4S/c1-3-11-8-4-5-9(10)7(2)6-8;2-1(3)4;;1-5(2,3)4/h4-6,11H,3,10H2,1-2H3;(H2,2,3,4);;(H2,1,2,3,4)/q;;+1;/p-1. The molecule has 0 unspecified atom stereocenters. The molecule has 1 aromatic carbocycles. The van der Waals surface area contributed by atoms with Crippen LogP contribution in [-0.2, 0) is 10.4 Å². The van der Waals surface area contributed by atoms with Gasteiger partial charge in [0.2, 0.25) is 6.16 Å².